The van der Waals surface area contributed by atoms with Crippen LogP contribution in [0.25, 0.3) is 0 Å². The van der Waals surface area contributed by atoms with Crippen LogP contribution >= 0.6 is 0 Å². The van der Waals surface area contributed by atoms with Crippen LogP contribution in [0.5, 0.6) is 0 Å². The Morgan fingerprint density at radius 3 is 0.851 bits per heavy atom. The largest absolute Gasteiger partial charge is 0.545 e. The van der Waals surface area contributed by atoms with E-state index in [4.69, 9.17) is 18.9 Å². The van der Waals surface area contributed by atoms with Gasteiger partial charge in [0.2, 0.25) is 0 Å². The number of carboxylic acids is 1. The fraction of sp³-hybridized carbons (Fsp3) is 0.936. The van der Waals surface area contributed by atoms with Crippen LogP contribution < -0.4 is 5.11 Å². The van der Waals surface area contributed by atoms with Crippen LogP contribution in [0.2, 0.25) is 0 Å². The minimum Gasteiger partial charge on any atom is -0.545 e. The van der Waals surface area contributed by atoms with E-state index in [1.54, 1.807) is 0 Å². The molecule has 0 saturated carbocycles. The van der Waals surface area contributed by atoms with Crippen molar-refractivity contribution in [2.24, 2.45) is 0 Å². The first-order chi connectivity index (χ1) is 42.6. The van der Waals surface area contributed by atoms with Crippen molar-refractivity contribution in [3.63, 3.8) is 0 Å². The van der Waals surface area contributed by atoms with Gasteiger partial charge in [0, 0.05) is 12.8 Å². The number of hydrogen-bond acceptors (Lipinski definition) is 8. The summed E-state index contributed by atoms with van der Waals surface area (Å²) < 4.78 is 22.8. The lowest BCUT2D eigenvalue weighted by molar-refractivity contribution is -0.870. The molecule has 0 aliphatic heterocycles. The maximum atomic E-state index is 12.9. The van der Waals surface area contributed by atoms with Crippen LogP contribution in [0.3, 0.4) is 0 Å². The Kier molecular flexibility index (Phi) is 68.3. The molecular weight excluding hydrogens is 1080 g/mol. The summed E-state index contributed by atoms with van der Waals surface area (Å²) in [5, 5.41) is 11.8. The Morgan fingerprint density at radius 2 is 0.586 bits per heavy atom. The molecule has 0 aromatic carbocycles. The predicted octanol–water partition coefficient (Wildman–Crippen LogP) is 23.0. The van der Waals surface area contributed by atoms with Crippen molar-refractivity contribution >= 4 is 17.9 Å². The van der Waals surface area contributed by atoms with Gasteiger partial charge in [-0.3, -0.25) is 9.59 Å². The van der Waals surface area contributed by atoms with Gasteiger partial charge in [0.15, 0.2) is 12.4 Å². The molecule has 0 fully saturated rings. The van der Waals surface area contributed by atoms with Crippen LogP contribution in [0.15, 0.2) is 12.2 Å². The van der Waals surface area contributed by atoms with Crippen LogP contribution in [0.4, 0.5) is 0 Å². The summed E-state index contributed by atoms with van der Waals surface area (Å²) in [7, 11) is 5.95. The lowest BCUT2D eigenvalue weighted by Crippen LogP contribution is -2.44. The van der Waals surface area contributed by atoms with Gasteiger partial charge in [-0.05, 0) is 38.5 Å². The van der Waals surface area contributed by atoms with E-state index in [2.05, 4.69) is 26.0 Å². The number of esters is 2. The third kappa shape index (κ3) is 71.3. The zero-order valence-corrected chi connectivity index (χ0v) is 59.2. The highest BCUT2D eigenvalue weighted by Gasteiger charge is 2.22. The number of allylic oxidation sites excluding steroid dienone is 2. The SMILES string of the molecule is CCCCCCCCCC/C=C\CCCCCCCCCCCCCCCCCCCCCCCCCCCCCCCC(=O)OC(COC(=O)CCCCCCCCCCCCCCCCCCCCCCC)COC(OCC[N+](C)(C)C)C(=O)[O-]. The van der Waals surface area contributed by atoms with Crippen LogP contribution in [-0.2, 0) is 33.3 Å². The van der Waals surface area contributed by atoms with Crippen molar-refractivity contribution in [3.8, 4) is 0 Å². The van der Waals surface area contributed by atoms with Crippen LogP contribution in [0.1, 0.15) is 412 Å². The third-order valence-corrected chi connectivity index (χ3v) is 18.0. The molecule has 0 aliphatic carbocycles. The number of likely N-dealkylation sites (N-methyl/N-ethyl adjacent to an activating group) is 1. The molecule has 2 atom stereocenters. The van der Waals surface area contributed by atoms with Crippen molar-refractivity contribution in [3.05, 3.63) is 12.2 Å². The van der Waals surface area contributed by atoms with E-state index in [0.29, 0.717) is 17.4 Å². The third-order valence-electron chi connectivity index (χ3n) is 18.0. The second kappa shape index (κ2) is 69.9. The number of carbonyl (C=O) groups is 3. The number of hydrogen-bond donors (Lipinski definition) is 0. The molecule has 9 heteroatoms. The first-order valence-electron chi connectivity index (χ1n) is 38.8. The van der Waals surface area contributed by atoms with Crippen molar-refractivity contribution in [2.75, 3.05) is 47.5 Å². The molecule has 0 radical (unpaired) electrons. The quantitative estimate of drug-likeness (QED) is 0.0195. The standard InChI is InChI=1S/C78H151NO8/c1-6-8-10-12-14-16-18-20-22-24-26-28-29-30-31-32-33-34-35-36-37-38-39-40-41-42-43-44-45-46-47-49-51-53-55-57-59-61-63-65-67-69-76(81)87-74(73-86-78(77(82)83)84-71-70-79(3,4)5)72-85-75(80)68-66-64-62-60-58-56-54-52-50-48-27-25-23-21-19-17-15-13-11-9-7-2/h24,26,74,78H,6-23,25,27-73H2,1-5H3/b26-24-. The summed E-state index contributed by atoms with van der Waals surface area (Å²) in [6.45, 7) is 4.84. The van der Waals surface area contributed by atoms with E-state index in [1.807, 2.05) is 21.1 Å². The van der Waals surface area contributed by atoms with Crippen LogP contribution in [0, 0.1) is 0 Å². The summed E-state index contributed by atoms with van der Waals surface area (Å²) in [6.07, 6.45) is 83.4. The summed E-state index contributed by atoms with van der Waals surface area (Å²) in [4.78, 5) is 37.5. The van der Waals surface area contributed by atoms with E-state index in [-0.39, 0.29) is 32.2 Å². The molecule has 0 spiro atoms. The minimum absolute atomic E-state index is 0.153. The zero-order chi connectivity index (χ0) is 63.3. The zero-order valence-electron chi connectivity index (χ0n) is 59.2. The summed E-state index contributed by atoms with van der Waals surface area (Å²) >= 11 is 0. The van der Waals surface area contributed by atoms with Gasteiger partial charge in [-0.1, -0.05) is 373 Å². The molecule has 0 aliphatic rings. The van der Waals surface area contributed by atoms with Crippen LogP contribution in [-0.4, -0.2) is 82.3 Å². The maximum absolute atomic E-state index is 12.9. The van der Waals surface area contributed by atoms with Gasteiger partial charge in [0.05, 0.1) is 40.3 Å². The number of carbonyl (C=O) groups excluding carboxylic acids is 3. The minimum atomic E-state index is -1.62. The molecule has 87 heavy (non-hydrogen) atoms. The van der Waals surface area contributed by atoms with Gasteiger partial charge in [0.1, 0.15) is 13.2 Å². The van der Waals surface area contributed by atoms with E-state index in [9.17, 15) is 19.5 Å². The first-order valence-corrected chi connectivity index (χ1v) is 38.8. The van der Waals surface area contributed by atoms with Gasteiger partial charge in [-0.15, -0.1) is 0 Å². The summed E-state index contributed by atoms with van der Waals surface area (Å²) in [5.41, 5.74) is 0. The molecule has 0 bridgehead atoms. The maximum Gasteiger partial charge on any atom is 0.306 e. The number of rotatable bonds is 74. The Hall–Kier alpha value is -1.97. The lowest BCUT2D eigenvalue weighted by atomic mass is 10.0. The Bertz CT molecular complexity index is 1430. The molecule has 0 N–H and O–H groups in total. The predicted molar refractivity (Wildman–Crippen MR) is 371 cm³/mol. The van der Waals surface area contributed by atoms with Crippen molar-refractivity contribution in [1.29, 1.82) is 0 Å². The summed E-state index contributed by atoms with van der Waals surface area (Å²) in [6, 6.07) is 0. The molecular formula is C78H151NO8. The normalized spacial score (nSPS) is 12.6. The molecule has 9 nitrogen and oxygen atoms in total. The van der Waals surface area contributed by atoms with Gasteiger partial charge < -0.3 is 33.3 Å². The second-order valence-corrected chi connectivity index (χ2v) is 28.0. The fourth-order valence-electron chi connectivity index (χ4n) is 12.1. The molecule has 0 rings (SSSR count). The van der Waals surface area contributed by atoms with Gasteiger partial charge in [-0.25, -0.2) is 0 Å². The highest BCUT2D eigenvalue weighted by Crippen LogP contribution is 2.20. The van der Waals surface area contributed by atoms with Gasteiger partial charge >= 0.3 is 11.9 Å². The molecule has 0 heterocycles. The fourth-order valence-corrected chi connectivity index (χ4v) is 12.1. The summed E-state index contributed by atoms with van der Waals surface area (Å²) in [5.74, 6) is -2.24. The second-order valence-electron chi connectivity index (χ2n) is 28.0. The van der Waals surface area contributed by atoms with Crippen molar-refractivity contribution < 1.29 is 42.9 Å². The smallest absolute Gasteiger partial charge is 0.306 e. The van der Waals surface area contributed by atoms with E-state index >= 15 is 0 Å². The first kappa shape index (κ1) is 85.0. The highest BCUT2D eigenvalue weighted by atomic mass is 16.7. The number of ether oxygens (including phenoxy) is 4. The Balaban J connectivity index is 3.90. The molecule has 0 amide bonds. The number of unbranched alkanes of at least 4 members (excludes halogenated alkanes) is 57. The average molecular weight is 1230 g/mol. The molecule has 0 aromatic rings. The van der Waals surface area contributed by atoms with Crippen molar-refractivity contribution in [2.45, 2.75) is 424 Å². The molecule has 0 aromatic heterocycles. The van der Waals surface area contributed by atoms with Crippen molar-refractivity contribution in [1.82, 2.24) is 0 Å². The monoisotopic (exact) mass is 1230 g/mol. The number of nitrogens with zero attached hydrogens (tertiary/aromatic N) is 1. The number of aliphatic carboxylic acids is 1. The van der Waals surface area contributed by atoms with E-state index in [0.717, 1.165) is 38.5 Å². The van der Waals surface area contributed by atoms with E-state index in [1.165, 1.54) is 347 Å². The number of quaternary nitrogens is 1. The molecule has 0 saturated heterocycles. The topological polar surface area (TPSA) is 111 Å². The highest BCUT2D eigenvalue weighted by molar-refractivity contribution is 5.70. The molecule has 2 unspecified atom stereocenters. The Labute approximate surface area is 542 Å². The van der Waals surface area contributed by atoms with Gasteiger partial charge in [-0.2, -0.15) is 0 Å². The number of carboxylic acid groups (broad SMARTS) is 1. The lowest BCUT2D eigenvalue weighted by Gasteiger charge is -2.26. The average Bonchev–Trinajstić information content (AvgIpc) is 3.59. The molecule has 516 valence electrons. The van der Waals surface area contributed by atoms with E-state index < -0.39 is 24.3 Å². The van der Waals surface area contributed by atoms with Gasteiger partial charge in [0.25, 0.3) is 0 Å². The Morgan fingerprint density at radius 1 is 0.333 bits per heavy atom.